The lowest BCUT2D eigenvalue weighted by atomic mass is 9.77. The lowest BCUT2D eigenvalue weighted by molar-refractivity contribution is -0.133. The smallest absolute Gasteiger partial charge is 0.274 e. The van der Waals surface area contributed by atoms with E-state index in [9.17, 15) is 19.6 Å². The second-order valence-corrected chi connectivity index (χ2v) is 16.8. The van der Waals surface area contributed by atoms with Crippen molar-refractivity contribution in [3.63, 3.8) is 0 Å². The van der Waals surface area contributed by atoms with Crippen LogP contribution in [0.1, 0.15) is 67.9 Å². The molecule has 13 nitrogen and oxygen atoms in total. The van der Waals surface area contributed by atoms with Crippen LogP contribution in [0.15, 0.2) is 54.9 Å². The summed E-state index contributed by atoms with van der Waals surface area (Å²) in [6.45, 7) is 11.4. The summed E-state index contributed by atoms with van der Waals surface area (Å²) >= 11 is 6.37. The van der Waals surface area contributed by atoms with Crippen molar-refractivity contribution in [1.82, 2.24) is 25.1 Å². The van der Waals surface area contributed by atoms with Crippen LogP contribution >= 0.6 is 11.6 Å². The van der Waals surface area contributed by atoms with Crippen LogP contribution in [0.2, 0.25) is 5.02 Å². The van der Waals surface area contributed by atoms with Crippen LogP contribution in [0.5, 0.6) is 0 Å². The van der Waals surface area contributed by atoms with Gasteiger partial charge in [0.05, 0.1) is 23.0 Å². The monoisotopic (exact) mass is 778 g/mol. The molecule has 2 aromatic carbocycles. The van der Waals surface area contributed by atoms with Crippen molar-refractivity contribution >= 4 is 52.2 Å². The number of aromatic nitrogens is 2. The first-order valence-corrected chi connectivity index (χ1v) is 20.5. The largest absolute Gasteiger partial charge is 0.374 e. The third-order valence-corrected chi connectivity index (χ3v) is 13.1. The van der Waals surface area contributed by atoms with Gasteiger partial charge in [-0.1, -0.05) is 17.7 Å². The molecule has 1 spiro atoms. The predicted octanol–water partition coefficient (Wildman–Crippen LogP) is 4.78. The van der Waals surface area contributed by atoms with Gasteiger partial charge in [0, 0.05) is 95.0 Å². The van der Waals surface area contributed by atoms with E-state index in [0.717, 1.165) is 120 Å². The number of halogens is 1. The van der Waals surface area contributed by atoms with Crippen molar-refractivity contribution in [2.24, 2.45) is 11.3 Å². The van der Waals surface area contributed by atoms with E-state index >= 15 is 0 Å². The Morgan fingerprint density at radius 2 is 1.73 bits per heavy atom. The van der Waals surface area contributed by atoms with Gasteiger partial charge in [0.1, 0.15) is 23.6 Å². The number of imide groups is 1. The van der Waals surface area contributed by atoms with Crippen LogP contribution in [-0.4, -0.2) is 115 Å². The Balaban J connectivity index is 0.762. The van der Waals surface area contributed by atoms with E-state index in [0.29, 0.717) is 41.1 Å². The first-order chi connectivity index (χ1) is 27.1. The average molecular weight is 779 g/mol. The summed E-state index contributed by atoms with van der Waals surface area (Å²) in [7, 11) is 0. The van der Waals surface area contributed by atoms with Crippen LogP contribution in [0, 0.1) is 22.7 Å². The summed E-state index contributed by atoms with van der Waals surface area (Å²) in [5, 5.41) is 15.5. The maximum absolute atomic E-state index is 13.5. The van der Waals surface area contributed by atoms with E-state index < -0.39 is 6.04 Å². The molecule has 3 aromatic rings. The number of hydrogen-bond acceptors (Lipinski definition) is 11. The number of amides is 3. The van der Waals surface area contributed by atoms with Gasteiger partial charge in [0.15, 0.2) is 0 Å². The minimum absolute atomic E-state index is 0.0361. The number of likely N-dealkylation sites (tertiary alicyclic amines) is 1. The maximum Gasteiger partial charge on any atom is 0.274 e. The third kappa shape index (κ3) is 8.27. The highest BCUT2D eigenvalue weighted by molar-refractivity contribution is 6.32. The average Bonchev–Trinajstić information content (AvgIpc) is 3.54. The van der Waals surface area contributed by atoms with Crippen molar-refractivity contribution < 1.29 is 14.4 Å². The van der Waals surface area contributed by atoms with Crippen molar-refractivity contribution in [3.05, 3.63) is 71.1 Å². The Bertz CT molecular complexity index is 1960. The zero-order valence-electron chi connectivity index (χ0n) is 32.1. The number of carbonyl (C=O) groups is 3. The quantitative estimate of drug-likeness (QED) is 0.306. The van der Waals surface area contributed by atoms with Crippen LogP contribution in [0.25, 0.3) is 0 Å². The Kier molecular flexibility index (Phi) is 11.0. The molecule has 56 heavy (non-hydrogen) atoms. The molecule has 0 saturated carbocycles. The van der Waals surface area contributed by atoms with Gasteiger partial charge in [-0.25, -0.2) is 9.97 Å². The zero-order chi connectivity index (χ0) is 38.8. The number of nitrogens with one attached hydrogen (secondary N) is 2. The highest BCUT2D eigenvalue weighted by Gasteiger charge is 2.44. The molecule has 2 N–H and O–H groups in total. The molecule has 0 aliphatic carbocycles. The van der Waals surface area contributed by atoms with E-state index in [1.54, 1.807) is 12.4 Å². The van der Waals surface area contributed by atoms with Crippen LogP contribution < -0.4 is 25.3 Å². The van der Waals surface area contributed by atoms with Gasteiger partial charge >= 0.3 is 0 Å². The Morgan fingerprint density at radius 3 is 2.43 bits per heavy atom. The molecule has 1 aromatic heterocycles. The second kappa shape index (κ2) is 16.3. The molecular weight excluding hydrogens is 728 g/mol. The summed E-state index contributed by atoms with van der Waals surface area (Å²) in [5.41, 5.74) is 4.24. The first-order valence-electron chi connectivity index (χ1n) is 20.2. The normalized spacial score (nSPS) is 23.3. The minimum Gasteiger partial charge on any atom is -0.374 e. The number of piperazine rings is 1. The molecule has 0 unspecified atom stereocenters. The molecule has 14 heteroatoms. The number of nitrogens with zero attached hydrogens (tertiary/aromatic N) is 8. The lowest BCUT2D eigenvalue weighted by Gasteiger charge is -2.40. The fourth-order valence-corrected chi connectivity index (χ4v) is 9.68. The Hall–Kier alpha value is -4.93. The fraction of sp³-hybridized carbons (Fsp3) is 0.524. The van der Waals surface area contributed by atoms with E-state index in [1.165, 1.54) is 0 Å². The van der Waals surface area contributed by atoms with Crippen molar-refractivity contribution in [2.45, 2.75) is 64.0 Å². The molecule has 0 radical (unpaired) electrons. The number of carbonyl (C=O) groups excluding carboxylic acids is 3. The van der Waals surface area contributed by atoms with Gasteiger partial charge in [0.25, 0.3) is 5.91 Å². The number of nitriles is 1. The molecule has 294 valence electrons. The zero-order valence-corrected chi connectivity index (χ0v) is 32.9. The van der Waals surface area contributed by atoms with E-state index in [4.69, 9.17) is 16.6 Å². The van der Waals surface area contributed by atoms with Crippen molar-refractivity contribution in [2.75, 3.05) is 85.5 Å². The van der Waals surface area contributed by atoms with E-state index in [2.05, 4.69) is 60.3 Å². The van der Waals surface area contributed by atoms with E-state index in [1.807, 2.05) is 35.2 Å². The number of rotatable bonds is 8. The van der Waals surface area contributed by atoms with Gasteiger partial charge in [-0.3, -0.25) is 24.6 Å². The Labute approximate surface area is 334 Å². The van der Waals surface area contributed by atoms with Crippen molar-refractivity contribution in [3.8, 4) is 6.07 Å². The van der Waals surface area contributed by atoms with E-state index in [-0.39, 0.29) is 23.1 Å². The molecular formula is C42H51ClN10O3. The Morgan fingerprint density at radius 1 is 0.946 bits per heavy atom. The number of hydrogen-bond donors (Lipinski definition) is 2. The molecule has 6 heterocycles. The predicted molar refractivity (Wildman–Crippen MR) is 217 cm³/mol. The molecule has 5 saturated heterocycles. The van der Waals surface area contributed by atoms with Gasteiger partial charge < -0.3 is 24.9 Å². The number of anilines is 4. The number of benzene rings is 2. The topological polar surface area (TPSA) is 141 Å². The minimum atomic E-state index is -0.396. The highest BCUT2D eigenvalue weighted by atomic mass is 35.5. The summed E-state index contributed by atoms with van der Waals surface area (Å²) < 4.78 is 0. The maximum atomic E-state index is 13.5. The molecule has 3 amide bonds. The molecule has 5 aliphatic rings. The molecule has 2 atom stereocenters. The van der Waals surface area contributed by atoms with Crippen LogP contribution in [0.3, 0.4) is 0 Å². The summed E-state index contributed by atoms with van der Waals surface area (Å²) in [6, 6.07) is 16.1. The molecule has 0 bridgehead atoms. The van der Waals surface area contributed by atoms with Gasteiger partial charge in [-0.2, -0.15) is 5.26 Å². The van der Waals surface area contributed by atoms with Crippen LogP contribution in [-0.2, 0) is 9.59 Å². The van der Waals surface area contributed by atoms with Gasteiger partial charge in [-0.15, -0.1) is 0 Å². The number of piperidine rings is 3. The molecule has 5 fully saturated rings. The first kappa shape index (κ1) is 38.0. The summed E-state index contributed by atoms with van der Waals surface area (Å²) in [6.07, 6.45) is 9.48. The molecule has 8 rings (SSSR count). The molecule has 5 aliphatic heterocycles. The van der Waals surface area contributed by atoms with Crippen molar-refractivity contribution in [1.29, 1.82) is 5.26 Å². The summed E-state index contributed by atoms with van der Waals surface area (Å²) in [4.78, 5) is 58.1. The SMILES string of the molecule is C[C@@H]1CC2(CCN(c3cnc(C(=O)N4CCC(CN5CCN(c6cccc(N[C@H]7CCC(=O)NC7=O)c6)CC5)CC4)cn3)CC2)CN1c1ccc(C#N)c(Cl)c1. The third-order valence-electron chi connectivity index (χ3n) is 12.8. The van der Waals surface area contributed by atoms with Gasteiger partial charge in [0.2, 0.25) is 11.8 Å². The fourth-order valence-electron chi connectivity index (χ4n) is 9.46. The second-order valence-electron chi connectivity index (χ2n) is 16.4. The van der Waals surface area contributed by atoms with Crippen LogP contribution in [0.4, 0.5) is 22.9 Å². The summed E-state index contributed by atoms with van der Waals surface area (Å²) in [5.74, 6) is 0.875. The van der Waals surface area contributed by atoms with Gasteiger partial charge in [-0.05, 0) is 93.2 Å². The highest BCUT2D eigenvalue weighted by Crippen LogP contribution is 2.45. The standard InChI is InChI=1S/C42H51ClN10O3/c1-29-23-42(28-53(29)34-6-5-31(24-44)35(43)22-34)11-15-51(16-12-42)38-26-45-37(25-46-38)41(56)52-13-9-30(10-14-52)27-49-17-19-50(20-18-49)33-4-2-3-32(21-33)47-36-7-8-39(54)48-40(36)55/h2-6,21-22,25-26,29-30,36,47H,7-20,23,27-28H2,1H3,(H,48,54,55)/t29-,36+/m1/s1. The lowest BCUT2D eigenvalue weighted by Crippen LogP contribution is -2.49.